The Bertz CT molecular complexity index is 964. The highest BCUT2D eigenvalue weighted by Gasteiger charge is 2.22. The summed E-state index contributed by atoms with van der Waals surface area (Å²) in [5, 5.41) is 1.41. The van der Waals surface area contributed by atoms with Crippen molar-refractivity contribution in [1.29, 1.82) is 0 Å². The lowest BCUT2D eigenvalue weighted by atomic mass is 9.99. The van der Waals surface area contributed by atoms with Crippen molar-refractivity contribution in [3.8, 4) is 0 Å². The van der Waals surface area contributed by atoms with Crippen molar-refractivity contribution in [3.63, 3.8) is 0 Å². The quantitative estimate of drug-likeness (QED) is 0.692. The van der Waals surface area contributed by atoms with Gasteiger partial charge in [0.05, 0.1) is 5.52 Å². The van der Waals surface area contributed by atoms with Gasteiger partial charge in [-0.25, -0.2) is 0 Å². The van der Waals surface area contributed by atoms with Gasteiger partial charge in [0.1, 0.15) is 0 Å². The molecule has 0 radical (unpaired) electrons. The van der Waals surface area contributed by atoms with E-state index in [1.165, 1.54) is 44.4 Å². The van der Waals surface area contributed by atoms with Gasteiger partial charge >= 0.3 is 0 Å². The zero-order valence-corrected chi connectivity index (χ0v) is 15.5. The molecule has 0 unspecified atom stereocenters. The van der Waals surface area contributed by atoms with Crippen molar-refractivity contribution in [2.24, 2.45) is 7.05 Å². The normalized spacial score (nSPS) is 15.6. The summed E-state index contributed by atoms with van der Waals surface area (Å²) < 4.78 is 2.42. The van der Waals surface area contributed by atoms with E-state index in [-0.39, 0.29) is 0 Å². The van der Waals surface area contributed by atoms with Crippen LogP contribution in [0, 0.1) is 6.92 Å². The summed E-state index contributed by atoms with van der Waals surface area (Å²) in [6.07, 6.45) is 7.16. The molecule has 2 aromatic heterocycles. The highest BCUT2D eigenvalue weighted by atomic mass is 15.1. The second kappa shape index (κ2) is 6.16. The van der Waals surface area contributed by atoms with Crippen LogP contribution in [0.15, 0.2) is 36.7 Å². The highest BCUT2D eigenvalue weighted by molar-refractivity contribution is 5.96. The lowest BCUT2D eigenvalue weighted by Crippen LogP contribution is -2.26. The number of rotatable bonds is 2. The number of aromatic nitrogens is 2. The molecule has 3 nitrogen and oxygen atoms in total. The Morgan fingerprint density at radius 3 is 2.68 bits per heavy atom. The molecule has 0 amide bonds. The van der Waals surface area contributed by atoms with Crippen molar-refractivity contribution < 1.29 is 0 Å². The summed E-state index contributed by atoms with van der Waals surface area (Å²) in [5.41, 5.74) is 9.49. The molecule has 4 rings (SSSR count). The number of hydrogen-bond donors (Lipinski definition) is 0. The van der Waals surface area contributed by atoms with Crippen LogP contribution >= 0.6 is 0 Å². The first kappa shape index (κ1) is 16.1. The summed E-state index contributed by atoms with van der Waals surface area (Å²) in [5.74, 6) is 0. The molecule has 3 heteroatoms. The van der Waals surface area contributed by atoms with Crippen LogP contribution in [0.2, 0.25) is 0 Å². The average Bonchev–Trinajstić information content (AvgIpc) is 2.87. The fourth-order valence-electron chi connectivity index (χ4n) is 4.09. The standard InChI is InChI=1S/C22H25N3/c1-15-11-18(13-16(2)17-5-8-23-9-6-17)22-19(12-15)20-14-24(3)10-7-21(20)25(22)4/h5-6,8-9,11-13H,7,10,14H2,1-4H3. The number of pyridine rings is 1. The predicted molar refractivity (Wildman–Crippen MR) is 105 cm³/mol. The molecule has 1 aliphatic rings. The van der Waals surface area contributed by atoms with Gasteiger partial charge in [0, 0.05) is 50.0 Å². The van der Waals surface area contributed by atoms with Crippen molar-refractivity contribution >= 4 is 22.6 Å². The van der Waals surface area contributed by atoms with E-state index in [4.69, 9.17) is 0 Å². The van der Waals surface area contributed by atoms with E-state index in [0.29, 0.717) is 0 Å². The number of aryl methyl sites for hydroxylation is 2. The van der Waals surface area contributed by atoms with Crippen LogP contribution in [-0.2, 0) is 20.0 Å². The van der Waals surface area contributed by atoms with Crippen molar-refractivity contribution in [3.05, 3.63) is 64.6 Å². The molecular formula is C22H25N3. The Labute approximate surface area is 149 Å². The Balaban J connectivity index is 1.93. The van der Waals surface area contributed by atoms with Crippen LogP contribution in [0.4, 0.5) is 0 Å². The molecule has 0 saturated heterocycles. The van der Waals surface area contributed by atoms with Crippen molar-refractivity contribution in [2.75, 3.05) is 13.6 Å². The molecule has 0 bridgehead atoms. The topological polar surface area (TPSA) is 21.1 Å². The maximum Gasteiger partial charge on any atom is 0.0557 e. The Morgan fingerprint density at radius 2 is 1.92 bits per heavy atom. The minimum absolute atomic E-state index is 1.04. The van der Waals surface area contributed by atoms with Gasteiger partial charge in [-0.1, -0.05) is 0 Å². The lowest BCUT2D eigenvalue weighted by molar-refractivity contribution is 0.310. The summed E-state index contributed by atoms with van der Waals surface area (Å²) >= 11 is 0. The fraction of sp³-hybridized carbons (Fsp3) is 0.318. The van der Waals surface area contributed by atoms with Crippen molar-refractivity contribution in [2.45, 2.75) is 26.8 Å². The van der Waals surface area contributed by atoms with E-state index in [2.05, 4.69) is 72.7 Å². The van der Waals surface area contributed by atoms with E-state index in [1.807, 2.05) is 12.4 Å². The Kier molecular flexibility index (Phi) is 3.97. The number of likely N-dealkylation sites (N-methyl/N-ethyl adjacent to an activating group) is 1. The maximum atomic E-state index is 4.13. The molecule has 0 aliphatic carbocycles. The summed E-state index contributed by atoms with van der Waals surface area (Å²) in [7, 11) is 4.44. The van der Waals surface area contributed by atoms with E-state index >= 15 is 0 Å². The van der Waals surface area contributed by atoms with Gasteiger partial charge in [-0.05, 0) is 79.1 Å². The molecule has 0 saturated carbocycles. The zero-order chi connectivity index (χ0) is 17.6. The summed E-state index contributed by atoms with van der Waals surface area (Å²) in [4.78, 5) is 6.55. The second-order valence-corrected chi connectivity index (χ2v) is 7.29. The molecule has 3 aromatic rings. The summed E-state index contributed by atoms with van der Waals surface area (Å²) in [6.45, 7) is 6.56. The van der Waals surface area contributed by atoms with E-state index in [9.17, 15) is 0 Å². The third kappa shape index (κ3) is 2.79. The van der Waals surface area contributed by atoms with Crippen LogP contribution in [0.1, 0.15) is 34.9 Å². The molecule has 1 aromatic carbocycles. The minimum atomic E-state index is 1.04. The first-order valence-electron chi connectivity index (χ1n) is 8.92. The smallest absolute Gasteiger partial charge is 0.0557 e. The van der Waals surface area contributed by atoms with Crippen LogP contribution in [0.3, 0.4) is 0 Å². The average molecular weight is 331 g/mol. The van der Waals surface area contributed by atoms with E-state index < -0.39 is 0 Å². The van der Waals surface area contributed by atoms with Gasteiger partial charge in [0.2, 0.25) is 0 Å². The number of fused-ring (bicyclic) bond motifs is 3. The third-order valence-electron chi connectivity index (χ3n) is 5.36. The molecule has 0 fully saturated rings. The van der Waals surface area contributed by atoms with Gasteiger partial charge in [0.25, 0.3) is 0 Å². The predicted octanol–water partition coefficient (Wildman–Crippen LogP) is 4.43. The first-order valence-corrected chi connectivity index (χ1v) is 8.92. The SMILES string of the molecule is CC(=Cc1cc(C)cc2c3c(n(C)c12)CCN(C)C3)c1ccncc1. The number of allylic oxidation sites excluding steroid dienone is 1. The Morgan fingerprint density at radius 1 is 1.16 bits per heavy atom. The molecule has 25 heavy (non-hydrogen) atoms. The van der Waals surface area contributed by atoms with Gasteiger partial charge in [0.15, 0.2) is 0 Å². The number of nitrogens with zero attached hydrogens (tertiary/aromatic N) is 3. The maximum absolute atomic E-state index is 4.13. The molecule has 1 aliphatic heterocycles. The highest BCUT2D eigenvalue weighted by Crippen LogP contribution is 2.34. The second-order valence-electron chi connectivity index (χ2n) is 7.29. The lowest BCUT2D eigenvalue weighted by Gasteiger charge is -2.23. The molecule has 0 spiro atoms. The third-order valence-corrected chi connectivity index (χ3v) is 5.36. The zero-order valence-electron chi connectivity index (χ0n) is 15.5. The fourth-order valence-corrected chi connectivity index (χ4v) is 4.09. The van der Waals surface area contributed by atoms with Gasteiger partial charge in [-0.15, -0.1) is 0 Å². The molecule has 128 valence electrons. The van der Waals surface area contributed by atoms with Crippen LogP contribution in [0.5, 0.6) is 0 Å². The van der Waals surface area contributed by atoms with Crippen LogP contribution in [-0.4, -0.2) is 28.0 Å². The largest absolute Gasteiger partial charge is 0.347 e. The van der Waals surface area contributed by atoms with Gasteiger partial charge in [-0.2, -0.15) is 0 Å². The van der Waals surface area contributed by atoms with E-state index in [0.717, 1.165) is 19.5 Å². The molecule has 0 N–H and O–H groups in total. The number of hydrogen-bond acceptors (Lipinski definition) is 2. The summed E-state index contributed by atoms with van der Waals surface area (Å²) in [6, 6.07) is 8.81. The first-order chi connectivity index (χ1) is 12.0. The Hall–Kier alpha value is -2.39. The molecule has 3 heterocycles. The monoisotopic (exact) mass is 331 g/mol. The van der Waals surface area contributed by atoms with Gasteiger partial charge in [-0.3, -0.25) is 4.98 Å². The van der Waals surface area contributed by atoms with Crippen LogP contribution in [0.25, 0.3) is 22.6 Å². The molecular weight excluding hydrogens is 306 g/mol. The van der Waals surface area contributed by atoms with Gasteiger partial charge < -0.3 is 9.47 Å². The number of benzene rings is 1. The van der Waals surface area contributed by atoms with Crippen molar-refractivity contribution in [1.82, 2.24) is 14.5 Å². The minimum Gasteiger partial charge on any atom is -0.347 e. The molecule has 0 atom stereocenters. The van der Waals surface area contributed by atoms with E-state index in [1.54, 1.807) is 0 Å². The van der Waals surface area contributed by atoms with Crippen LogP contribution < -0.4 is 0 Å².